The first-order valence-electron chi connectivity index (χ1n) is 12.2. The van der Waals surface area contributed by atoms with Crippen LogP contribution in [0.15, 0.2) is 65.7 Å². The van der Waals surface area contributed by atoms with Gasteiger partial charge in [-0.25, -0.2) is 9.78 Å². The molecule has 6 rings (SSSR count). The highest BCUT2D eigenvalue weighted by Gasteiger charge is 2.42. The standard InChI is InChI=1S/C28H25N5O5/c1-28(2,3)38-27(36)17-13-15-7-5-8-16-22(29-10-12-32(17)23(15)16)21-20(25(34)31-26(21)35)18-14-30-24-19(37-4)9-6-11-33(18)24/h5-12,14,17H,13H2,1-4H3,(H,31,34,35). The van der Waals surface area contributed by atoms with Gasteiger partial charge in [-0.1, -0.05) is 18.2 Å². The van der Waals surface area contributed by atoms with Crippen molar-refractivity contribution in [3.8, 4) is 5.75 Å². The van der Waals surface area contributed by atoms with E-state index in [4.69, 9.17) is 9.47 Å². The van der Waals surface area contributed by atoms with E-state index < -0.39 is 23.5 Å². The van der Waals surface area contributed by atoms with Crippen LogP contribution >= 0.6 is 0 Å². The summed E-state index contributed by atoms with van der Waals surface area (Å²) in [6.07, 6.45) is 6.99. The first kappa shape index (κ1) is 23.7. The van der Waals surface area contributed by atoms with E-state index in [1.165, 1.54) is 0 Å². The maximum atomic E-state index is 13.2. The van der Waals surface area contributed by atoms with Crippen molar-refractivity contribution < 1.29 is 23.9 Å². The maximum absolute atomic E-state index is 13.2. The molecule has 3 aliphatic rings. The number of pyridine rings is 1. The van der Waals surface area contributed by atoms with E-state index in [9.17, 15) is 14.4 Å². The molecule has 2 amide bonds. The molecule has 1 unspecified atom stereocenters. The Morgan fingerprint density at radius 2 is 1.89 bits per heavy atom. The summed E-state index contributed by atoms with van der Waals surface area (Å²) >= 11 is 0. The number of nitrogens with zero attached hydrogens (tertiary/aromatic N) is 4. The maximum Gasteiger partial charge on any atom is 0.329 e. The number of esters is 1. The summed E-state index contributed by atoms with van der Waals surface area (Å²) in [5, 5.41) is 2.42. The number of nitrogens with one attached hydrogen (secondary N) is 1. The number of imide groups is 1. The van der Waals surface area contributed by atoms with Crippen molar-refractivity contribution in [1.82, 2.24) is 14.7 Å². The molecule has 10 heteroatoms. The lowest BCUT2D eigenvalue weighted by Crippen LogP contribution is -2.40. The lowest BCUT2D eigenvalue weighted by Gasteiger charge is -2.27. The normalized spacial score (nSPS) is 18.5. The summed E-state index contributed by atoms with van der Waals surface area (Å²) in [5.74, 6) is -0.907. The zero-order valence-corrected chi connectivity index (χ0v) is 21.3. The third-order valence-electron chi connectivity index (χ3n) is 6.64. The predicted octanol–water partition coefficient (Wildman–Crippen LogP) is 2.80. The molecule has 1 atom stereocenters. The number of methoxy groups -OCH3 is 1. The van der Waals surface area contributed by atoms with E-state index in [1.54, 1.807) is 48.4 Å². The molecule has 0 saturated carbocycles. The number of benzene rings is 1. The number of imidazole rings is 1. The van der Waals surface area contributed by atoms with Gasteiger partial charge in [0.2, 0.25) is 0 Å². The Kier molecular flexibility index (Phi) is 5.23. The van der Waals surface area contributed by atoms with E-state index in [0.29, 0.717) is 34.8 Å². The average Bonchev–Trinajstić information content (AvgIpc) is 3.49. The van der Waals surface area contributed by atoms with Gasteiger partial charge in [0.25, 0.3) is 11.8 Å². The van der Waals surface area contributed by atoms with Crippen LogP contribution in [0.5, 0.6) is 5.75 Å². The molecule has 0 bridgehead atoms. The minimum atomic E-state index is -0.634. The summed E-state index contributed by atoms with van der Waals surface area (Å²) in [6, 6.07) is 8.61. The largest absolute Gasteiger partial charge is 0.493 e. The van der Waals surface area contributed by atoms with E-state index >= 15 is 0 Å². The lowest BCUT2D eigenvalue weighted by atomic mass is 9.94. The first-order chi connectivity index (χ1) is 18.2. The van der Waals surface area contributed by atoms with Gasteiger partial charge in [-0.05, 0) is 38.5 Å². The third-order valence-corrected chi connectivity index (χ3v) is 6.64. The lowest BCUT2D eigenvalue weighted by molar-refractivity contribution is -0.156. The zero-order chi connectivity index (χ0) is 26.8. The van der Waals surface area contributed by atoms with Crippen LogP contribution in [0, 0.1) is 0 Å². The summed E-state index contributed by atoms with van der Waals surface area (Å²) in [4.78, 5) is 50.4. The third kappa shape index (κ3) is 3.60. The van der Waals surface area contributed by atoms with Crippen LogP contribution in [0.2, 0.25) is 0 Å². The second-order valence-electron chi connectivity index (χ2n) is 10.2. The van der Waals surface area contributed by atoms with E-state index in [-0.39, 0.29) is 17.1 Å². The van der Waals surface area contributed by atoms with Crippen LogP contribution in [0.3, 0.4) is 0 Å². The molecule has 10 nitrogen and oxygen atoms in total. The Labute approximate surface area is 218 Å². The quantitative estimate of drug-likeness (QED) is 0.423. The van der Waals surface area contributed by atoms with Crippen LogP contribution in [-0.2, 0) is 25.5 Å². The van der Waals surface area contributed by atoms with Gasteiger partial charge in [0.15, 0.2) is 11.4 Å². The van der Waals surface area contributed by atoms with E-state index in [1.807, 2.05) is 43.9 Å². The van der Waals surface area contributed by atoms with Crippen molar-refractivity contribution in [3.05, 3.63) is 77.5 Å². The predicted molar refractivity (Wildman–Crippen MR) is 140 cm³/mol. The molecule has 0 fully saturated rings. The van der Waals surface area contributed by atoms with Crippen LogP contribution < -0.4 is 15.0 Å². The SMILES string of the molecule is COc1cccn2c(C3=C(C4=NC=CN5c6c(cccc64)CC5C(=O)OC(C)(C)C)C(=O)NC3=O)cnc12. The van der Waals surface area contributed by atoms with Crippen LogP contribution in [0.4, 0.5) is 5.69 Å². The Hall–Kier alpha value is -4.73. The second-order valence-corrected chi connectivity index (χ2v) is 10.2. The van der Waals surface area contributed by atoms with Crippen molar-refractivity contribution in [3.63, 3.8) is 0 Å². The fourth-order valence-electron chi connectivity index (χ4n) is 5.16. The molecule has 5 heterocycles. The van der Waals surface area contributed by atoms with Crippen molar-refractivity contribution in [2.24, 2.45) is 4.99 Å². The zero-order valence-electron chi connectivity index (χ0n) is 21.3. The molecule has 0 saturated heterocycles. The molecule has 3 aromatic rings. The monoisotopic (exact) mass is 511 g/mol. The van der Waals surface area contributed by atoms with Gasteiger partial charge in [0.1, 0.15) is 11.6 Å². The molecular weight excluding hydrogens is 486 g/mol. The Balaban J connectivity index is 1.50. The molecule has 0 radical (unpaired) electrons. The number of carbonyl (C=O) groups is 3. The van der Waals surface area contributed by atoms with Gasteiger partial charge in [-0.2, -0.15) is 0 Å². The summed E-state index contributed by atoms with van der Waals surface area (Å²) in [7, 11) is 1.54. The minimum absolute atomic E-state index is 0.139. The number of rotatable bonds is 4. The summed E-state index contributed by atoms with van der Waals surface area (Å²) in [5.41, 5.74) is 3.27. The number of para-hydroxylation sites is 1. The fraction of sp³-hybridized carbons (Fsp3) is 0.250. The number of anilines is 1. The molecule has 1 N–H and O–H groups in total. The molecule has 38 heavy (non-hydrogen) atoms. The number of aromatic nitrogens is 2. The Bertz CT molecular complexity index is 1640. The van der Waals surface area contributed by atoms with Crippen molar-refractivity contribution in [2.45, 2.75) is 38.8 Å². The van der Waals surface area contributed by atoms with Crippen molar-refractivity contribution >= 4 is 40.4 Å². The Morgan fingerprint density at radius 1 is 1.11 bits per heavy atom. The molecule has 2 aromatic heterocycles. The number of aliphatic imine (C=N–C) groups is 1. The van der Waals surface area contributed by atoms with Gasteiger partial charge in [-0.15, -0.1) is 0 Å². The van der Waals surface area contributed by atoms with Gasteiger partial charge in [0.05, 0.1) is 41.5 Å². The van der Waals surface area contributed by atoms with Crippen LogP contribution in [0.1, 0.15) is 37.6 Å². The summed E-state index contributed by atoms with van der Waals surface area (Å²) in [6.45, 7) is 5.49. The highest BCUT2D eigenvalue weighted by atomic mass is 16.6. The molecular formula is C28H25N5O5. The Morgan fingerprint density at radius 3 is 2.66 bits per heavy atom. The number of fused-ring (bicyclic) bond motifs is 1. The van der Waals surface area contributed by atoms with Gasteiger partial charge in [0, 0.05) is 30.6 Å². The van der Waals surface area contributed by atoms with Gasteiger partial charge < -0.3 is 14.4 Å². The van der Waals surface area contributed by atoms with Crippen LogP contribution in [-0.4, -0.2) is 51.6 Å². The highest BCUT2D eigenvalue weighted by Crippen LogP contribution is 2.40. The highest BCUT2D eigenvalue weighted by molar-refractivity contribution is 6.47. The summed E-state index contributed by atoms with van der Waals surface area (Å²) < 4.78 is 12.8. The first-order valence-corrected chi connectivity index (χ1v) is 12.2. The number of hydrogen-bond donors (Lipinski definition) is 1. The molecule has 0 aliphatic carbocycles. The minimum Gasteiger partial charge on any atom is -0.493 e. The topological polar surface area (TPSA) is 115 Å². The molecule has 0 spiro atoms. The smallest absolute Gasteiger partial charge is 0.329 e. The van der Waals surface area contributed by atoms with Crippen molar-refractivity contribution in [1.29, 1.82) is 0 Å². The second kappa shape index (κ2) is 8.41. The van der Waals surface area contributed by atoms with E-state index in [2.05, 4.69) is 15.3 Å². The van der Waals surface area contributed by atoms with Crippen LogP contribution in [0.25, 0.3) is 11.2 Å². The van der Waals surface area contributed by atoms with E-state index in [0.717, 1.165) is 11.3 Å². The van der Waals surface area contributed by atoms with Gasteiger partial charge in [-0.3, -0.25) is 24.3 Å². The number of carbonyl (C=O) groups excluding carboxylic acids is 3. The molecule has 192 valence electrons. The molecule has 3 aliphatic heterocycles. The number of hydrogen-bond acceptors (Lipinski definition) is 8. The molecule has 1 aromatic carbocycles. The van der Waals surface area contributed by atoms with Crippen molar-refractivity contribution in [2.75, 3.05) is 12.0 Å². The average molecular weight is 512 g/mol. The number of amides is 2. The number of ether oxygens (including phenoxy) is 2. The van der Waals surface area contributed by atoms with Gasteiger partial charge >= 0.3 is 5.97 Å². The fourth-order valence-corrected chi connectivity index (χ4v) is 5.16.